The van der Waals surface area contributed by atoms with Gasteiger partial charge in [0.15, 0.2) is 18.4 Å². The van der Waals surface area contributed by atoms with Crippen molar-refractivity contribution in [2.45, 2.75) is 50.8 Å². The van der Waals surface area contributed by atoms with E-state index >= 15 is 0 Å². The van der Waals surface area contributed by atoms with Gasteiger partial charge < -0.3 is 23.7 Å². The second kappa shape index (κ2) is 5.26. The average Bonchev–Trinajstić information content (AvgIpc) is 2.89. The standard InChI is InChI=1S/C15H18O5/c1-15(2)19-13-12(11(8-16)18-14(13)20-15)17-9-10-6-4-3-5-7-10/h3-8,11-14H,9H2,1-2H3/t11-,12-,13-,14-/m1/s1/i8+1,11+1,12+1,13+1,14+1. The molecule has 0 unspecified atom stereocenters. The van der Waals surface area contributed by atoms with Crippen molar-refractivity contribution in [2.75, 3.05) is 0 Å². The fraction of sp³-hybridized carbons (Fsp3) is 0.533. The summed E-state index contributed by atoms with van der Waals surface area (Å²) in [5.74, 6) is -0.711. The number of benzene rings is 1. The number of carbonyl (C=O) groups is 1. The molecular weight excluding hydrogens is 265 g/mol. The Bertz CT molecular complexity index is 472. The number of ether oxygens (including phenoxy) is 4. The van der Waals surface area contributed by atoms with Crippen molar-refractivity contribution in [3.8, 4) is 0 Å². The van der Waals surface area contributed by atoms with E-state index in [2.05, 4.69) is 0 Å². The lowest BCUT2D eigenvalue weighted by molar-refractivity contribution is -0.216. The van der Waals surface area contributed by atoms with Crippen molar-refractivity contribution in [1.29, 1.82) is 0 Å². The highest BCUT2D eigenvalue weighted by Crippen LogP contribution is 2.38. The van der Waals surface area contributed by atoms with E-state index in [-0.39, 0.29) is 6.10 Å². The zero-order valence-electron chi connectivity index (χ0n) is 11.5. The lowest BCUT2D eigenvalue weighted by Gasteiger charge is -2.23. The first kappa shape index (κ1) is 13.7. The van der Waals surface area contributed by atoms with E-state index < -0.39 is 24.3 Å². The fourth-order valence-electron chi connectivity index (χ4n) is 2.57. The molecule has 20 heavy (non-hydrogen) atoms. The van der Waals surface area contributed by atoms with Crippen LogP contribution in [0.3, 0.4) is 0 Å². The van der Waals surface area contributed by atoms with Crippen LogP contribution in [0.5, 0.6) is 0 Å². The van der Waals surface area contributed by atoms with E-state index in [0.29, 0.717) is 6.61 Å². The molecule has 1 aromatic rings. The second-order valence-electron chi connectivity index (χ2n) is 5.47. The Balaban J connectivity index is 1.68. The summed E-state index contributed by atoms with van der Waals surface area (Å²) in [7, 11) is 0. The van der Waals surface area contributed by atoms with Gasteiger partial charge in [0.1, 0.15) is 18.3 Å². The van der Waals surface area contributed by atoms with Crippen molar-refractivity contribution in [2.24, 2.45) is 0 Å². The molecule has 5 heteroatoms. The maximum Gasteiger partial charge on any atom is 0.190 e. The van der Waals surface area contributed by atoms with Crippen LogP contribution >= 0.6 is 0 Å². The first-order valence-corrected chi connectivity index (χ1v) is 6.71. The molecule has 2 aliphatic heterocycles. The van der Waals surface area contributed by atoms with Gasteiger partial charge in [-0.25, -0.2) is 0 Å². The monoisotopic (exact) mass is 283 g/mol. The lowest BCUT2D eigenvalue weighted by atomic mass is 10.2. The number of hydrogen-bond donors (Lipinski definition) is 0. The van der Waals surface area contributed by atoms with Crippen LogP contribution in [0.4, 0.5) is 0 Å². The molecule has 0 aliphatic carbocycles. The van der Waals surface area contributed by atoms with Gasteiger partial charge in [-0.05, 0) is 19.4 Å². The normalized spacial score (nSPS) is 34.9. The van der Waals surface area contributed by atoms with Crippen molar-refractivity contribution in [1.82, 2.24) is 0 Å². The second-order valence-corrected chi connectivity index (χ2v) is 5.47. The molecule has 0 saturated carbocycles. The van der Waals surface area contributed by atoms with Gasteiger partial charge in [-0.1, -0.05) is 30.3 Å². The van der Waals surface area contributed by atoms with Gasteiger partial charge in [0, 0.05) is 0 Å². The van der Waals surface area contributed by atoms with Gasteiger partial charge in [0.05, 0.1) is 6.61 Å². The molecule has 108 valence electrons. The number of hydrogen-bond acceptors (Lipinski definition) is 5. The van der Waals surface area contributed by atoms with Gasteiger partial charge in [-0.15, -0.1) is 0 Å². The van der Waals surface area contributed by atoms with Gasteiger partial charge in [-0.2, -0.15) is 0 Å². The molecule has 0 spiro atoms. The molecule has 3 rings (SSSR count). The summed E-state index contributed by atoms with van der Waals surface area (Å²) in [5, 5.41) is 0. The largest absolute Gasteiger partial charge is 0.367 e. The van der Waals surface area contributed by atoms with Crippen LogP contribution in [0.15, 0.2) is 30.3 Å². The minimum atomic E-state index is -0.711. The molecule has 5 nitrogen and oxygen atoms in total. The highest BCUT2D eigenvalue weighted by molar-refractivity contribution is 5.58. The van der Waals surface area contributed by atoms with Crippen molar-refractivity contribution >= 4 is 6.29 Å². The van der Waals surface area contributed by atoms with Crippen molar-refractivity contribution in [3.05, 3.63) is 35.9 Å². The van der Waals surface area contributed by atoms with Crippen molar-refractivity contribution in [3.63, 3.8) is 0 Å². The van der Waals surface area contributed by atoms with E-state index in [1.807, 2.05) is 44.2 Å². The predicted octanol–water partition coefficient (Wildman–Crippen LogP) is 1.65. The maximum absolute atomic E-state index is 11.1. The molecule has 2 aliphatic rings. The summed E-state index contributed by atoms with van der Waals surface area (Å²) in [5.41, 5.74) is 1.04. The Kier molecular flexibility index (Phi) is 3.60. The Labute approximate surface area is 117 Å². The minimum Gasteiger partial charge on any atom is -0.367 e. The van der Waals surface area contributed by atoms with Gasteiger partial charge in [0.25, 0.3) is 0 Å². The quantitative estimate of drug-likeness (QED) is 0.621. The topological polar surface area (TPSA) is 54.0 Å². The SMILES string of the molecule is CC1(C)O[13C@H]2O[13C@H]([13CH]=O)[13C@@H](OCc3ccccc3)[13C@H]2O1. The molecule has 0 bridgehead atoms. The average molecular weight is 283 g/mol. The minimum absolute atomic E-state index is 0.371. The van der Waals surface area contributed by atoms with Crippen LogP contribution in [0.25, 0.3) is 0 Å². The number of aldehydes is 1. The van der Waals surface area contributed by atoms with E-state index in [9.17, 15) is 4.79 Å². The first-order valence-electron chi connectivity index (χ1n) is 6.71. The van der Waals surface area contributed by atoms with Crippen LogP contribution < -0.4 is 0 Å². The zero-order valence-corrected chi connectivity index (χ0v) is 11.5. The molecule has 0 aromatic heterocycles. The molecule has 4 atom stereocenters. The first-order chi connectivity index (χ1) is 9.59. The molecule has 0 N–H and O–H groups in total. The Hall–Kier alpha value is -1.27. The van der Waals surface area contributed by atoms with E-state index in [1.165, 1.54) is 0 Å². The molecule has 2 saturated heterocycles. The van der Waals surface area contributed by atoms with Crippen LogP contribution in [0, 0.1) is 0 Å². The van der Waals surface area contributed by atoms with Crippen LogP contribution in [0.2, 0.25) is 0 Å². The summed E-state index contributed by atoms with van der Waals surface area (Å²) < 4.78 is 22.7. The molecule has 2 fully saturated rings. The lowest BCUT2D eigenvalue weighted by Crippen LogP contribution is -2.37. The van der Waals surface area contributed by atoms with E-state index in [4.69, 9.17) is 18.9 Å². The summed E-state index contributed by atoms with van der Waals surface area (Å²) in [6.45, 7) is 4.05. The summed E-state index contributed by atoms with van der Waals surface area (Å²) in [6.07, 6.45) is -1.26. The maximum atomic E-state index is 11.1. The molecular formula is C15H18O5. The Morgan fingerprint density at radius 2 is 2.00 bits per heavy atom. The Morgan fingerprint density at radius 3 is 2.70 bits per heavy atom. The molecule has 0 amide bonds. The number of rotatable bonds is 4. The van der Waals surface area contributed by atoms with E-state index in [1.54, 1.807) is 0 Å². The number of carbonyl (C=O) groups excluding carboxylic acids is 1. The predicted molar refractivity (Wildman–Crippen MR) is 69.8 cm³/mol. The molecule has 0 radical (unpaired) electrons. The summed E-state index contributed by atoms with van der Waals surface area (Å²) in [6, 6.07) is 9.78. The van der Waals surface area contributed by atoms with Gasteiger partial charge >= 0.3 is 0 Å². The van der Waals surface area contributed by atoms with E-state index in [0.717, 1.165) is 11.8 Å². The third-order valence-corrected chi connectivity index (χ3v) is 3.45. The summed E-state index contributed by atoms with van der Waals surface area (Å²) >= 11 is 0. The third-order valence-electron chi connectivity index (χ3n) is 3.45. The third kappa shape index (κ3) is 2.62. The highest BCUT2D eigenvalue weighted by Gasteiger charge is 2.55. The molecule has 1 aromatic carbocycles. The zero-order chi connectivity index (χ0) is 14.2. The Morgan fingerprint density at radius 1 is 1.25 bits per heavy atom. The van der Waals surface area contributed by atoms with Crippen LogP contribution in [-0.4, -0.2) is 36.7 Å². The number of fused-ring (bicyclic) bond motifs is 1. The van der Waals surface area contributed by atoms with Crippen LogP contribution in [0.1, 0.15) is 19.4 Å². The molecule has 2 heterocycles. The van der Waals surface area contributed by atoms with Crippen LogP contribution in [-0.2, 0) is 30.3 Å². The smallest absolute Gasteiger partial charge is 0.190 e. The summed E-state index contributed by atoms with van der Waals surface area (Å²) in [4.78, 5) is 11.1. The highest BCUT2D eigenvalue weighted by atomic mass is 17.0. The fourth-order valence-corrected chi connectivity index (χ4v) is 2.57. The van der Waals surface area contributed by atoms with Crippen molar-refractivity contribution < 1.29 is 23.7 Å². The van der Waals surface area contributed by atoms with Gasteiger partial charge in [-0.3, -0.25) is 0 Å². The van der Waals surface area contributed by atoms with Gasteiger partial charge in [0.2, 0.25) is 0 Å².